The third kappa shape index (κ3) is 2.77. The van der Waals surface area contributed by atoms with Gasteiger partial charge in [-0.2, -0.15) is 0 Å². The molecule has 1 aromatic carbocycles. The zero-order valence-electron chi connectivity index (χ0n) is 8.82. The van der Waals surface area contributed by atoms with Gasteiger partial charge in [-0.1, -0.05) is 0 Å². The Morgan fingerprint density at radius 1 is 1.59 bits per heavy atom. The van der Waals surface area contributed by atoms with E-state index in [-0.39, 0.29) is 23.5 Å². The molecule has 0 fully saturated rings. The van der Waals surface area contributed by atoms with Gasteiger partial charge in [0.25, 0.3) is 12.2 Å². The number of carboxylic acid groups (broad SMARTS) is 1. The molecule has 0 bridgehead atoms. The van der Waals surface area contributed by atoms with Gasteiger partial charge in [-0.15, -0.1) is 0 Å². The standard InChI is InChI=1S/C10H9NO6/c1-6(10(13)14)8-3-2-7(17-5-12)4-9(8)11(15)16/h2-6H,1H3,(H,13,14). The van der Waals surface area contributed by atoms with Crippen molar-refractivity contribution in [3.8, 4) is 5.75 Å². The Morgan fingerprint density at radius 3 is 2.71 bits per heavy atom. The molecule has 1 rings (SSSR count). The first-order valence-corrected chi connectivity index (χ1v) is 4.58. The number of nitrogens with zero attached hydrogens (tertiary/aromatic N) is 1. The van der Waals surface area contributed by atoms with E-state index in [1.807, 2.05) is 0 Å². The number of aliphatic carboxylic acids is 1. The van der Waals surface area contributed by atoms with E-state index in [1.54, 1.807) is 0 Å². The summed E-state index contributed by atoms with van der Waals surface area (Å²) >= 11 is 0. The van der Waals surface area contributed by atoms with Crippen LogP contribution in [-0.2, 0) is 9.59 Å². The highest BCUT2D eigenvalue weighted by Crippen LogP contribution is 2.30. The highest BCUT2D eigenvalue weighted by Gasteiger charge is 2.24. The van der Waals surface area contributed by atoms with Crippen LogP contribution >= 0.6 is 0 Å². The van der Waals surface area contributed by atoms with Gasteiger partial charge < -0.3 is 9.84 Å². The summed E-state index contributed by atoms with van der Waals surface area (Å²) in [6.45, 7) is 1.48. The monoisotopic (exact) mass is 239 g/mol. The number of rotatable bonds is 5. The van der Waals surface area contributed by atoms with Gasteiger partial charge in [0.15, 0.2) is 0 Å². The number of ether oxygens (including phenoxy) is 1. The molecule has 1 atom stereocenters. The Bertz CT molecular complexity index is 470. The maximum absolute atomic E-state index is 10.8. The first-order valence-electron chi connectivity index (χ1n) is 4.58. The van der Waals surface area contributed by atoms with Gasteiger partial charge in [-0.25, -0.2) is 0 Å². The van der Waals surface area contributed by atoms with E-state index in [4.69, 9.17) is 5.11 Å². The molecule has 17 heavy (non-hydrogen) atoms. The summed E-state index contributed by atoms with van der Waals surface area (Å²) in [7, 11) is 0. The zero-order chi connectivity index (χ0) is 13.0. The molecule has 7 heteroatoms. The van der Waals surface area contributed by atoms with Gasteiger partial charge in [0.05, 0.1) is 16.9 Å². The summed E-state index contributed by atoms with van der Waals surface area (Å²) in [5.74, 6) is -2.19. The van der Waals surface area contributed by atoms with Crippen LogP contribution < -0.4 is 4.74 Å². The van der Waals surface area contributed by atoms with Crippen molar-refractivity contribution in [2.24, 2.45) is 0 Å². The average Bonchev–Trinajstić information content (AvgIpc) is 2.28. The Labute approximate surface area is 95.8 Å². The number of carboxylic acids is 1. The summed E-state index contributed by atoms with van der Waals surface area (Å²) in [5.41, 5.74) is -0.333. The molecule has 0 spiro atoms. The largest absolute Gasteiger partial charge is 0.481 e. The number of hydrogen-bond donors (Lipinski definition) is 1. The van der Waals surface area contributed by atoms with Crippen molar-refractivity contribution in [1.82, 2.24) is 0 Å². The Hall–Kier alpha value is -2.44. The zero-order valence-corrected chi connectivity index (χ0v) is 8.82. The topological polar surface area (TPSA) is 107 Å². The fraction of sp³-hybridized carbons (Fsp3) is 0.200. The van der Waals surface area contributed by atoms with Crippen LogP contribution in [0.3, 0.4) is 0 Å². The van der Waals surface area contributed by atoms with E-state index < -0.39 is 16.8 Å². The van der Waals surface area contributed by atoms with E-state index in [2.05, 4.69) is 4.74 Å². The minimum atomic E-state index is -1.17. The van der Waals surface area contributed by atoms with E-state index >= 15 is 0 Å². The molecule has 1 N–H and O–H groups in total. The van der Waals surface area contributed by atoms with Crippen molar-refractivity contribution in [3.63, 3.8) is 0 Å². The molecule has 7 nitrogen and oxygen atoms in total. The molecule has 90 valence electrons. The maximum atomic E-state index is 10.8. The molecule has 0 aliphatic rings. The second-order valence-corrected chi connectivity index (χ2v) is 3.25. The number of carbonyl (C=O) groups is 2. The normalized spacial score (nSPS) is 11.6. The molecule has 0 aliphatic heterocycles. The smallest absolute Gasteiger partial charge is 0.310 e. The van der Waals surface area contributed by atoms with E-state index in [0.29, 0.717) is 0 Å². The van der Waals surface area contributed by atoms with Crippen molar-refractivity contribution in [2.75, 3.05) is 0 Å². The van der Waals surface area contributed by atoms with Crippen molar-refractivity contribution in [2.45, 2.75) is 12.8 Å². The van der Waals surface area contributed by atoms with Crippen LogP contribution in [0.4, 0.5) is 5.69 Å². The van der Waals surface area contributed by atoms with Crippen molar-refractivity contribution in [1.29, 1.82) is 0 Å². The van der Waals surface area contributed by atoms with Crippen LogP contribution in [0.25, 0.3) is 0 Å². The molecule has 0 aliphatic carbocycles. The molecule has 0 amide bonds. The third-order valence-corrected chi connectivity index (χ3v) is 2.22. The minimum absolute atomic E-state index is 0.00645. The predicted octanol–water partition coefficient (Wildman–Crippen LogP) is 1.32. The van der Waals surface area contributed by atoms with E-state index in [0.717, 1.165) is 6.07 Å². The lowest BCUT2D eigenvalue weighted by atomic mass is 9.99. The molecular formula is C10H9NO6. The molecule has 0 heterocycles. The molecule has 0 aromatic heterocycles. The van der Waals surface area contributed by atoms with Crippen molar-refractivity contribution >= 4 is 18.1 Å². The molecular weight excluding hydrogens is 230 g/mol. The summed E-state index contributed by atoms with van der Waals surface area (Å²) in [6.07, 6.45) is 0. The van der Waals surface area contributed by atoms with Gasteiger partial charge in [-0.05, 0) is 19.1 Å². The van der Waals surface area contributed by atoms with Crippen LogP contribution in [0.1, 0.15) is 18.4 Å². The number of carbonyl (C=O) groups excluding carboxylic acids is 1. The Kier molecular flexibility index (Phi) is 3.76. The lowest BCUT2D eigenvalue weighted by Crippen LogP contribution is -2.10. The number of hydrogen-bond acceptors (Lipinski definition) is 5. The first kappa shape index (κ1) is 12.6. The van der Waals surface area contributed by atoms with E-state index in [9.17, 15) is 19.7 Å². The molecule has 0 saturated carbocycles. The highest BCUT2D eigenvalue weighted by atomic mass is 16.6. The van der Waals surface area contributed by atoms with Crippen LogP contribution in [-0.4, -0.2) is 22.5 Å². The van der Waals surface area contributed by atoms with Gasteiger partial charge >= 0.3 is 5.97 Å². The second-order valence-electron chi connectivity index (χ2n) is 3.25. The van der Waals surface area contributed by atoms with Crippen molar-refractivity contribution in [3.05, 3.63) is 33.9 Å². The second kappa shape index (κ2) is 5.06. The highest BCUT2D eigenvalue weighted by molar-refractivity contribution is 5.77. The lowest BCUT2D eigenvalue weighted by molar-refractivity contribution is -0.385. The van der Waals surface area contributed by atoms with Crippen LogP contribution in [0, 0.1) is 10.1 Å². The summed E-state index contributed by atoms with van der Waals surface area (Å²) < 4.78 is 4.46. The quantitative estimate of drug-likeness (QED) is 0.471. The van der Waals surface area contributed by atoms with Crippen LogP contribution in [0.5, 0.6) is 5.75 Å². The Morgan fingerprint density at radius 2 is 2.24 bits per heavy atom. The SMILES string of the molecule is CC(C(=O)O)c1ccc(OC=O)cc1[N+](=O)[O-]. The van der Waals surface area contributed by atoms with Crippen LogP contribution in [0.15, 0.2) is 18.2 Å². The summed E-state index contributed by atoms with van der Waals surface area (Å²) in [6, 6.07) is 3.58. The number of benzene rings is 1. The molecule has 0 saturated heterocycles. The molecule has 1 unspecified atom stereocenters. The molecule has 1 aromatic rings. The number of nitro benzene ring substituents is 1. The fourth-order valence-electron chi connectivity index (χ4n) is 1.31. The summed E-state index contributed by atoms with van der Waals surface area (Å²) in [5, 5.41) is 19.6. The van der Waals surface area contributed by atoms with Crippen molar-refractivity contribution < 1.29 is 24.4 Å². The van der Waals surface area contributed by atoms with Gasteiger partial charge in [0.1, 0.15) is 5.75 Å². The number of nitro groups is 1. The predicted molar refractivity (Wildman–Crippen MR) is 55.8 cm³/mol. The lowest BCUT2D eigenvalue weighted by Gasteiger charge is -2.08. The Balaban J connectivity index is 3.26. The third-order valence-electron chi connectivity index (χ3n) is 2.22. The molecule has 0 radical (unpaired) electrons. The first-order chi connectivity index (χ1) is 7.97. The maximum Gasteiger partial charge on any atom is 0.310 e. The fourth-order valence-corrected chi connectivity index (χ4v) is 1.31. The minimum Gasteiger partial charge on any atom is -0.481 e. The van der Waals surface area contributed by atoms with E-state index in [1.165, 1.54) is 19.1 Å². The van der Waals surface area contributed by atoms with Crippen LogP contribution in [0.2, 0.25) is 0 Å². The summed E-state index contributed by atoms with van der Waals surface area (Å²) in [4.78, 5) is 30.9. The van der Waals surface area contributed by atoms with Gasteiger partial charge in [-0.3, -0.25) is 19.7 Å². The average molecular weight is 239 g/mol. The van der Waals surface area contributed by atoms with Gasteiger partial charge in [0, 0.05) is 5.56 Å². The van der Waals surface area contributed by atoms with Gasteiger partial charge in [0.2, 0.25) is 0 Å².